The lowest BCUT2D eigenvalue weighted by Gasteiger charge is -2.16. The zero-order valence-corrected chi connectivity index (χ0v) is 11.2. The number of benzene rings is 2. The molecule has 2 nitrogen and oxygen atoms in total. The van der Waals surface area contributed by atoms with Gasteiger partial charge in [-0.2, -0.15) is 0 Å². The van der Waals surface area contributed by atoms with E-state index in [9.17, 15) is 0 Å². The van der Waals surface area contributed by atoms with Gasteiger partial charge in [0.05, 0.1) is 13.2 Å². The third-order valence-corrected chi connectivity index (χ3v) is 3.25. The molecular formula is C15H16ClNO. The second-order valence-electron chi connectivity index (χ2n) is 4.26. The summed E-state index contributed by atoms with van der Waals surface area (Å²) in [5.41, 5.74) is 9.49. The van der Waals surface area contributed by atoms with Crippen molar-refractivity contribution in [3.63, 3.8) is 0 Å². The lowest BCUT2D eigenvalue weighted by molar-refractivity contribution is 0.414. The van der Waals surface area contributed by atoms with Crippen molar-refractivity contribution in [2.24, 2.45) is 5.73 Å². The van der Waals surface area contributed by atoms with E-state index in [0.717, 1.165) is 27.5 Å². The molecule has 0 radical (unpaired) electrons. The summed E-state index contributed by atoms with van der Waals surface area (Å²) in [6.45, 7) is 2.02. The van der Waals surface area contributed by atoms with Crippen molar-refractivity contribution in [2.45, 2.75) is 13.0 Å². The second kappa shape index (κ2) is 5.42. The molecular weight excluding hydrogens is 246 g/mol. The quantitative estimate of drug-likeness (QED) is 0.914. The maximum Gasteiger partial charge on any atom is 0.119 e. The predicted octanol–water partition coefficient (Wildman–Crippen LogP) is 3.71. The minimum atomic E-state index is -0.169. The van der Waals surface area contributed by atoms with Crippen LogP contribution in [0, 0.1) is 6.92 Å². The van der Waals surface area contributed by atoms with Gasteiger partial charge in [-0.15, -0.1) is 0 Å². The van der Waals surface area contributed by atoms with Crippen LogP contribution in [0.2, 0.25) is 5.02 Å². The van der Waals surface area contributed by atoms with Crippen LogP contribution in [0.15, 0.2) is 42.5 Å². The molecule has 1 unspecified atom stereocenters. The fraction of sp³-hybridized carbons (Fsp3) is 0.200. The van der Waals surface area contributed by atoms with E-state index < -0.39 is 0 Å². The lowest BCUT2D eigenvalue weighted by atomic mass is 9.96. The van der Waals surface area contributed by atoms with E-state index in [-0.39, 0.29) is 6.04 Å². The van der Waals surface area contributed by atoms with Crippen LogP contribution < -0.4 is 10.5 Å². The first kappa shape index (κ1) is 12.9. The smallest absolute Gasteiger partial charge is 0.119 e. The van der Waals surface area contributed by atoms with Gasteiger partial charge in [0, 0.05) is 5.02 Å². The van der Waals surface area contributed by atoms with Crippen LogP contribution in [-0.4, -0.2) is 7.11 Å². The molecule has 0 fully saturated rings. The standard InChI is InChI=1S/C15H16ClNO/c1-10-8-12(16)6-7-14(10)15(17)11-4-3-5-13(9-11)18-2/h3-9,15H,17H2,1-2H3. The molecule has 0 heterocycles. The molecule has 94 valence electrons. The maximum atomic E-state index is 6.29. The van der Waals surface area contributed by atoms with Crippen LogP contribution in [-0.2, 0) is 0 Å². The van der Waals surface area contributed by atoms with Gasteiger partial charge in [-0.3, -0.25) is 0 Å². The van der Waals surface area contributed by atoms with Crippen LogP contribution >= 0.6 is 11.6 Å². The first-order valence-electron chi connectivity index (χ1n) is 5.77. The summed E-state index contributed by atoms with van der Waals surface area (Å²) < 4.78 is 5.21. The van der Waals surface area contributed by atoms with Gasteiger partial charge in [-0.05, 0) is 47.9 Å². The van der Waals surface area contributed by atoms with Gasteiger partial charge in [0.2, 0.25) is 0 Å². The molecule has 2 N–H and O–H groups in total. The summed E-state index contributed by atoms with van der Waals surface area (Å²) >= 11 is 5.95. The summed E-state index contributed by atoms with van der Waals surface area (Å²) in [7, 11) is 1.65. The predicted molar refractivity (Wildman–Crippen MR) is 75.2 cm³/mol. The van der Waals surface area contributed by atoms with Crippen LogP contribution in [0.3, 0.4) is 0 Å². The molecule has 0 aromatic heterocycles. The largest absolute Gasteiger partial charge is 0.497 e. The minimum Gasteiger partial charge on any atom is -0.497 e. The molecule has 18 heavy (non-hydrogen) atoms. The highest BCUT2D eigenvalue weighted by Gasteiger charge is 2.12. The van der Waals surface area contributed by atoms with Crippen molar-refractivity contribution in [1.29, 1.82) is 0 Å². The van der Waals surface area contributed by atoms with Gasteiger partial charge in [0.25, 0.3) is 0 Å². The van der Waals surface area contributed by atoms with Gasteiger partial charge in [-0.25, -0.2) is 0 Å². The molecule has 1 atom stereocenters. The van der Waals surface area contributed by atoms with E-state index in [1.165, 1.54) is 0 Å². The normalized spacial score (nSPS) is 12.2. The summed E-state index contributed by atoms with van der Waals surface area (Å²) in [6.07, 6.45) is 0. The SMILES string of the molecule is COc1cccc(C(N)c2ccc(Cl)cc2C)c1. The number of methoxy groups -OCH3 is 1. The summed E-state index contributed by atoms with van der Waals surface area (Å²) in [4.78, 5) is 0. The van der Waals surface area contributed by atoms with E-state index in [2.05, 4.69) is 0 Å². The Morgan fingerprint density at radius 3 is 2.61 bits per heavy atom. The zero-order valence-electron chi connectivity index (χ0n) is 10.5. The topological polar surface area (TPSA) is 35.2 Å². The molecule has 0 saturated carbocycles. The number of aryl methyl sites for hydroxylation is 1. The van der Waals surface area contributed by atoms with E-state index in [4.69, 9.17) is 22.1 Å². The van der Waals surface area contributed by atoms with Gasteiger partial charge in [-0.1, -0.05) is 29.8 Å². The molecule has 2 rings (SSSR count). The molecule has 2 aromatic carbocycles. The Morgan fingerprint density at radius 1 is 1.17 bits per heavy atom. The fourth-order valence-electron chi connectivity index (χ4n) is 2.00. The molecule has 2 aromatic rings. The number of hydrogen-bond acceptors (Lipinski definition) is 2. The average molecular weight is 262 g/mol. The average Bonchev–Trinajstić information content (AvgIpc) is 2.38. The monoisotopic (exact) mass is 261 g/mol. The van der Waals surface area contributed by atoms with E-state index in [1.54, 1.807) is 7.11 Å². The summed E-state index contributed by atoms with van der Waals surface area (Å²) in [6, 6.07) is 13.4. The van der Waals surface area contributed by atoms with Crippen molar-refractivity contribution in [3.05, 3.63) is 64.2 Å². The Bertz CT molecular complexity index is 554. The van der Waals surface area contributed by atoms with Crippen molar-refractivity contribution < 1.29 is 4.74 Å². The maximum absolute atomic E-state index is 6.29. The third kappa shape index (κ3) is 2.66. The molecule has 0 amide bonds. The van der Waals surface area contributed by atoms with E-state index in [0.29, 0.717) is 0 Å². The number of hydrogen-bond donors (Lipinski definition) is 1. The number of nitrogens with two attached hydrogens (primary N) is 1. The first-order chi connectivity index (χ1) is 8.61. The summed E-state index contributed by atoms with van der Waals surface area (Å²) in [5, 5.41) is 0.731. The number of halogens is 1. The van der Waals surface area contributed by atoms with Crippen LogP contribution in [0.25, 0.3) is 0 Å². The van der Waals surface area contributed by atoms with Gasteiger partial charge in [0.15, 0.2) is 0 Å². The highest BCUT2D eigenvalue weighted by atomic mass is 35.5. The second-order valence-corrected chi connectivity index (χ2v) is 4.69. The molecule has 0 spiro atoms. The van der Waals surface area contributed by atoms with Crippen molar-refractivity contribution >= 4 is 11.6 Å². The Balaban J connectivity index is 2.37. The number of rotatable bonds is 3. The molecule has 3 heteroatoms. The highest BCUT2D eigenvalue weighted by molar-refractivity contribution is 6.30. The van der Waals surface area contributed by atoms with Gasteiger partial charge < -0.3 is 10.5 Å². The zero-order chi connectivity index (χ0) is 13.1. The lowest BCUT2D eigenvalue weighted by Crippen LogP contribution is -2.13. The molecule has 0 aliphatic carbocycles. The number of ether oxygens (including phenoxy) is 1. The van der Waals surface area contributed by atoms with Crippen molar-refractivity contribution in [2.75, 3.05) is 7.11 Å². The minimum absolute atomic E-state index is 0.169. The van der Waals surface area contributed by atoms with Crippen LogP contribution in [0.4, 0.5) is 0 Å². The van der Waals surface area contributed by atoms with E-state index in [1.807, 2.05) is 49.4 Å². The Kier molecular flexibility index (Phi) is 3.90. The summed E-state index contributed by atoms with van der Waals surface area (Å²) in [5.74, 6) is 0.814. The van der Waals surface area contributed by atoms with Crippen molar-refractivity contribution in [1.82, 2.24) is 0 Å². The Hall–Kier alpha value is -1.51. The Labute approximate surface area is 112 Å². The highest BCUT2D eigenvalue weighted by Crippen LogP contribution is 2.26. The van der Waals surface area contributed by atoms with Crippen LogP contribution in [0.5, 0.6) is 5.75 Å². The molecule has 0 aliphatic rings. The van der Waals surface area contributed by atoms with Gasteiger partial charge >= 0.3 is 0 Å². The fourth-order valence-corrected chi connectivity index (χ4v) is 2.23. The molecule has 0 saturated heterocycles. The third-order valence-electron chi connectivity index (χ3n) is 3.02. The molecule has 0 aliphatic heterocycles. The first-order valence-corrected chi connectivity index (χ1v) is 6.15. The molecule has 0 bridgehead atoms. The van der Waals surface area contributed by atoms with Crippen LogP contribution in [0.1, 0.15) is 22.7 Å². The van der Waals surface area contributed by atoms with E-state index >= 15 is 0 Å². The van der Waals surface area contributed by atoms with Gasteiger partial charge in [0.1, 0.15) is 5.75 Å². The van der Waals surface area contributed by atoms with Crippen molar-refractivity contribution in [3.8, 4) is 5.75 Å². The Morgan fingerprint density at radius 2 is 1.94 bits per heavy atom.